The molecule has 0 saturated heterocycles. The Labute approximate surface area is 107 Å². The van der Waals surface area contributed by atoms with E-state index >= 15 is 0 Å². The van der Waals surface area contributed by atoms with Gasteiger partial charge in [-0.1, -0.05) is 0 Å². The molecule has 0 fully saturated rings. The van der Waals surface area contributed by atoms with E-state index in [-0.39, 0.29) is 41.0 Å². The van der Waals surface area contributed by atoms with E-state index in [2.05, 4.69) is 4.18 Å². The summed E-state index contributed by atoms with van der Waals surface area (Å²) in [5.41, 5.74) is -0.222. The van der Waals surface area contributed by atoms with E-state index in [1.165, 1.54) is 0 Å². The quantitative estimate of drug-likeness (QED) is 0.189. The summed E-state index contributed by atoms with van der Waals surface area (Å²) in [6.07, 6.45) is 0. The van der Waals surface area contributed by atoms with E-state index in [0.717, 1.165) is 24.3 Å². The number of nitro benzene ring substituents is 1. The van der Waals surface area contributed by atoms with Gasteiger partial charge in [0.15, 0.2) is 0 Å². The number of nitrogens with zero attached hydrogens (tertiary/aromatic N) is 1. The van der Waals surface area contributed by atoms with Gasteiger partial charge in [-0.2, -0.15) is 0 Å². The molecule has 1 aromatic rings. The molecule has 0 atom stereocenters. The summed E-state index contributed by atoms with van der Waals surface area (Å²) in [7, 11) is -4.83. The Hall–Kier alpha value is -0.670. The molecule has 0 bridgehead atoms. The van der Waals surface area contributed by atoms with Crippen molar-refractivity contribution < 1.29 is 51.6 Å². The van der Waals surface area contributed by atoms with E-state index in [4.69, 9.17) is 0 Å². The van der Waals surface area contributed by atoms with Crippen LogP contribution in [0.15, 0.2) is 24.3 Å². The maximum Gasteiger partial charge on any atom is 1.00 e. The van der Waals surface area contributed by atoms with Gasteiger partial charge in [0.2, 0.25) is 0 Å². The normalized spacial score (nSPS) is 10.2. The summed E-state index contributed by atoms with van der Waals surface area (Å²) < 4.78 is 34.3. The summed E-state index contributed by atoms with van der Waals surface area (Å²) in [5.74, 6) is -0.259. The van der Waals surface area contributed by atoms with Crippen molar-refractivity contribution >= 4 is 16.1 Å². The van der Waals surface area contributed by atoms with Crippen LogP contribution in [0.2, 0.25) is 0 Å². The van der Waals surface area contributed by atoms with Crippen molar-refractivity contribution in [2.45, 2.75) is 0 Å². The van der Waals surface area contributed by atoms with E-state index in [1.54, 1.807) is 0 Å². The van der Waals surface area contributed by atoms with Crippen molar-refractivity contribution in [3.05, 3.63) is 34.4 Å². The van der Waals surface area contributed by atoms with Gasteiger partial charge in [0.1, 0.15) is 5.75 Å². The van der Waals surface area contributed by atoms with Gasteiger partial charge in [-0.25, -0.2) is 8.42 Å². The van der Waals surface area contributed by atoms with Crippen LogP contribution in [0.4, 0.5) is 5.69 Å². The first-order valence-corrected chi connectivity index (χ1v) is 4.61. The Morgan fingerprint density at radius 2 is 1.67 bits per heavy atom. The molecule has 0 spiro atoms. The molecule has 0 aliphatic heterocycles. The topological polar surface area (TPSA) is 110 Å². The number of non-ortho nitro benzene ring substituents is 1. The van der Waals surface area contributed by atoms with Gasteiger partial charge >= 0.3 is 29.6 Å². The zero-order chi connectivity index (χ0) is 10.8. The van der Waals surface area contributed by atoms with Crippen LogP contribution in [0.5, 0.6) is 5.75 Å². The summed E-state index contributed by atoms with van der Waals surface area (Å²) in [4.78, 5) is 9.52. The molecule has 0 aliphatic rings. The van der Waals surface area contributed by atoms with Gasteiger partial charge < -0.3 is 8.74 Å². The molecule has 0 heterocycles. The second-order valence-corrected chi connectivity index (χ2v) is 3.23. The maximum absolute atomic E-state index is 10.2. The van der Waals surface area contributed by atoms with Crippen molar-refractivity contribution in [1.29, 1.82) is 0 Å². The molecule has 9 heteroatoms. The number of hydrogen-bond acceptors (Lipinski definition) is 6. The molecular formula is C6H4NNaO6S. The fourth-order valence-electron chi connectivity index (χ4n) is 0.741. The van der Waals surface area contributed by atoms with Crippen LogP contribution in [-0.4, -0.2) is 17.9 Å². The number of benzene rings is 1. The maximum atomic E-state index is 10.2. The van der Waals surface area contributed by atoms with Crippen molar-refractivity contribution in [3.8, 4) is 5.75 Å². The van der Waals surface area contributed by atoms with E-state index in [0.29, 0.717) is 0 Å². The third-order valence-corrected chi connectivity index (χ3v) is 1.64. The molecule has 7 nitrogen and oxygen atoms in total. The van der Waals surface area contributed by atoms with E-state index in [1.807, 2.05) is 0 Å². The molecule has 0 amide bonds. The summed E-state index contributed by atoms with van der Waals surface area (Å²) in [5, 5.41) is 10.2. The summed E-state index contributed by atoms with van der Waals surface area (Å²) >= 11 is 0. The molecule has 0 radical (unpaired) electrons. The zero-order valence-electron chi connectivity index (χ0n) is 7.61. The smallest absolute Gasteiger partial charge is 0.716 e. The molecule has 0 aliphatic carbocycles. The SMILES string of the molecule is O=[N+]([O-])c1ccc(OS(=O)(=O)[O-])cc1.[Na+]. The Balaban J connectivity index is 0.00000196. The number of nitro groups is 1. The van der Waals surface area contributed by atoms with Crippen molar-refractivity contribution in [1.82, 2.24) is 0 Å². The minimum absolute atomic E-state index is 0. The molecule has 0 saturated carbocycles. The monoisotopic (exact) mass is 241 g/mol. The van der Waals surface area contributed by atoms with Crippen molar-refractivity contribution in [2.24, 2.45) is 0 Å². The summed E-state index contributed by atoms with van der Waals surface area (Å²) in [6, 6.07) is 4.10. The van der Waals surface area contributed by atoms with Crippen LogP contribution < -0.4 is 33.7 Å². The molecular weight excluding hydrogens is 237 g/mol. The van der Waals surface area contributed by atoms with Crippen molar-refractivity contribution in [3.63, 3.8) is 0 Å². The van der Waals surface area contributed by atoms with Gasteiger partial charge in [-0.3, -0.25) is 10.1 Å². The van der Waals surface area contributed by atoms with Crippen LogP contribution in [0.25, 0.3) is 0 Å². The van der Waals surface area contributed by atoms with Crippen LogP contribution in [0.1, 0.15) is 0 Å². The average Bonchev–Trinajstić information content (AvgIpc) is 2.02. The molecule has 0 N–H and O–H groups in total. The van der Waals surface area contributed by atoms with Crippen LogP contribution in [0.3, 0.4) is 0 Å². The Bertz CT molecular complexity index is 441. The minimum Gasteiger partial charge on any atom is -0.716 e. The van der Waals surface area contributed by atoms with Crippen LogP contribution in [0, 0.1) is 10.1 Å². The van der Waals surface area contributed by atoms with Gasteiger partial charge in [0.05, 0.1) is 4.92 Å². The van der Waals surface area contributed by atoms with E-state index < -0.39 is 15.3 Å². The third kappa shape index (κ3) is 5.09. The van der Waals surface area contributed by atoms with Gasteiger partial charge in [0.25, 0.3) is 16.1 Å². The summed E-state index contributed by atoms with van der Waals surface area (Å²) in [6.45, 7) is 0. The second kappa shape index (κ2) is 5.42. The van der Waals surface area contributed by atoms with Gasteiger partial charge in [-0.15, -0.1) is 0 Å². The first kappa shape index (κ1) is 14.3. The molecule has 15 heavy (non-hydrogen) atoms. The number of hydrogen-bond donors (Lipinski definition) is 0. The third-order valence-electron chi connectivity index (χ3n) is 1.25. The van der Waals surface area contributed by atoms with E-state index in [9.17, 15) is 23.1 Å². The number of rotatable bonds is 3. The first-order valence-electron chi connectivity index (χ1n) is 3.28. The predicted octanol–water partition coefficient (Wildman–Crippen LogP) is -2.56. The Morgan fingerprint density at radius 3 is 2.00 bits per heavy atom. The minimum atomic E-state index is -4.83. The van der Waals surface area contributed by atoms with Gasteiger partial charge in [0, 0.05) is 12.1 Å². The Morgan fingerprint density at radius 1 is 1.20 bits per heavy atom. The average molecular weight is 241 g/mol. The standard InChI is InChI=1S/C6H5NO6S.Na/c8-7(9)5-1-3-6(4-2-5)13-14(10,11)12;/h1-4H,(H,10,11,12);/q;+1/p-1. The van der Waals surface area contributed by atoms with Crippen LogP contribution >= 0.6 is 0 Å². The molecule has 0 aromatic heterocycles. The largest absolute Gasteiger partial charge is 1.00 e. The molecule has 0 unspecified atom stereocenters. The first-order chi connectivity index (χ1) is 6.38. The fraction of sp³-hybridized carbons (Fsp3) is 0. The molecule has 76 valence electrons. The van der Waals surface area contributed by atoms with Crippen molar-refractivity contribution in [2.75, 3.05) is 0 Å². The second-order valence-electron chi connectivity index (χ2n) is 2.24. The van der Waals surface area contributed by atoms with Crippen LogP contribution in [-0.2, 0) is 10.4 Å². The zero-order valence-corrected chi connectivity index (χ0v) is 10.4. The molecule has 1 rings (SSSR count). The predicted molar refractivity (Wildman–Crippen MR) is 43.4 cm³/mol. The fourth-order valence-corrected chi connectivity index (χ4v) is 1.09. The molecule has 1 aromatic carbocycles. The Kier molecular flexibility index (Phi) is 5.18. The van der Waals surface area contributed by atoms with Gasteiger partial charge in [-0.05, 0) is 12.1 Å².